The lowest BCUT2D eigenvalue weighted by atomic mass is 10.0. The number of carboxylic acid groups (broad SMARTS) is 1. The molecule has 13 heteroatoms. The summed E-state index contributed by atoms with van der Waals surface area (Å²) < 4.78 is 0. The summed E-state index contributed by atoms with van der Waals surface area (Å²) in [5.41, 5.74) is 12.8. The molecule has 2 aromatic carbocycles. The normalized spacial score (nSPS) is 13.7. The van der Waals surface area contributed by atoms with E-state index in [1.807, 2.05) is 0 Å². The number of hydrogen-bond acceptors (Lipinski definition) is 7. The Labute approximate surface area is 236 Å². The predicted molar refractivity (Wildman–Crippen MR) is 148 cm³/mol. The summed E-state index contributed by atoms with van der Waals surface area (Å²) in [7, 11) is 0. The van der Waals surface area contributed by atoms with Crippen molar-refractivity contribution in [1.29, 1.82) is 0 Å². The van der Waals surface area contributed by atoms with Gasteiger partial charge in [-0.1, -0.05) is 60.7 Å². The van der Waals surface area contributed by atoms with E-state index < -0.39 is 60.2 Å². The predicted octanol–water partition coefficient (Wildman–Crippen LogP) is -0.821. The van der Waals surface area contributed by atoms with E-state index in [0.717, 1.165) is 0 Å². The Morgan fingerprint density at radius 2 is 1.24 bits per heavy atom. The molecule has 0 fully saturated rings. The number of amides is 4. The number of aliphatic carboxylic acids is 1. The molecule has 3 aromatic rings. The third-order valence-corrected chi connectivity index (χ3v) is 6.18. The molecule has 0 saturated carbocycles. The number of nitrogens with zero attached hydrogens (tertiary/aromatic N) is 1. The number of hydrogen-bond donors (Lipinski definition) is 7. The molecule has 9 N–H and O–H groups in total. The molecule has 0 bridgehead atoms. The Morgan fingerprint density at radius 1 is 0.756 bits per heavy atom. The number of imidazole rings is 1. The molecule has 13 nitrogen and oxygen atoms in total. The van der Waals surface area contributed by atoms with E-state index in [9.17, 15) is 29.1 Å². The fourth-order valence-corrected chi connectivity index (χ4v) is 4.07. The molecule has 0 aliphatic rings. The number of nitrogens with one attached hydrogen (secondary N) is 4. The van der Waals surface area contributed by atoms with Crippen molar-refractivity contribution in [3.63, 3.8) is 0 Å². The minimum Gasteiger partial charge on any atom is -0.480 e. The smallest absolute Gasteiger partial charge is 0.326 e. The van der Waals surface area contributed by atoms with Crippen molar-refractivity contribution >= 4 is 29.6 Å². The van der Waals surface area contributed by atoms with Crippen LogP contribution in [0.25, 0.3) is 0 Å². The number of benzene rings is 2. The van der Waals surface area contributed by atoms with Crippen LogP contribution in [0, 0.1) is 0 Å². The monoisotopic (exact) mass is 563 g/mol. The molecule has 3 rings (SSSR count). The zero-order chi connectivity index (χ0) is 29.8. The lowest BCUT2D eigenvalue weighted by Gasteiger charge is -2.25. The number of carbonyl (C=O) groups excluding carboxylic acids is 4. The highest BCUT2D eigenvalue weighted by Gasteiger charge is 2.31. The number of nitrogens with two attached hydrogens (primary N) is 2. The van der Waals surface area contributed by atoms with Gasteiger partial charge in [-0.05, 0) is 11.1 Å². The van der Waals surface area contributed by atoms with Crippen molar-refractivity contribution in [3.8, 4) is 0 Å². The van der Waals surface area contributed by atoms with Crippen LogP contribution in [0.3, 0.4) is 0 Å². The Balaban J connectivity index is 1.81. The molecule has 4 atom stereocenters. The summed E-state index contributed by atoms with van der Waals surface area (Å²) in [6, 6.07) is 12.7. The minimum absolute atomic E-state index is 0.0249. The first-order chi connectivity index (χ1) is 19.6. The van der Waals surface area contributed by atoms with Crippen LogP contribution in [0.1, 0.15) is 23.2 Å². The van der Waals surface area contributed by atoms with Crippen LogP contribution >= 0.6 is 0 Å². The van der Waals surface area contributed by atoms with Crippen LogP contribution in [0.4, 0.5) is 0 Å². The summed E-state index contributed by atoms with van der Waals surface area (Å²) in [6.45, 7) is 0. The first-order valence-corrected chi connectivity index (χ1v) is 12.8. The molecule has 0 saturated heterocycles. The van der Waals surface area contributed by atoms with Crippen molar-refractivity contribution in [1.82, 2.24) is 25.9 Å². The summed E-state index contributed by atoms with van der Waals surface area (Å²) in [5, 5.41) is 17.4. The van der Waals surface area contributed by atoms with Gasteiger partial charge in [0.05, 0.1) is 18.8 Å². The maximum atomic E-state index is 13.5. The van der Waals surface area contributed by atoms with Crippen LogP contribution < -0.4 is 27.4 Å². The Bertz CT molecular complexity index is 1320. The summed E-state index contributed by atoms with van der Waals surface area (Å²) in [4.78, 5) is 69.5. The van der Waals surface area contributed by atoms with E-state index in [-0.39, 0.29) is 19.3 Å². The van der Waals surface area contributed by atoms with E-state index in [4.69, 9.17) is 11.5 Å². The third kappa shape index (κ3) is 9.89. The van der Waals surface area contributed by atoms with Crippen molar-refractivity contribution in [3.05, 3.63) is 90.0 Å². The molecule has 0 radical (unpaired) electrons. The first kappa shape index (κ1) is 30.5. The van der Waals surface area contributed by atoms with Gasteiger partial charge in [-0.3, -0.25) is 19.2 Å². The fourth-order valence-electron chi connectivity index (χ4n) is 4.07. The average Bonchev–Trinajstić information content (AvgIpc) is 3.45. The molecule has 4 amide bonds. The lowest BCUT2D eigenvalue weighted by molar-refractivity contribution is -0.142. The molecule has 0 spiro atoms. The van der Waals surface area contributed by atoms with Crippen LogP contribution in [-0.4, -0.2) is 68.8 Å². The zero-order valence-electron chi connectivity index (χ0n) is 22.2. The molecule has 41 heavy (non-hydrogen) atoms. The van der Waals surface area contributed by atoms with Gasteiger partial charge in [0.25, 0.3) is 0 Å². The molecular formula is C28H33N7O6. The van der Waals surface area contributed by atoms with E-state index in [1.54, 1.807) is 60.7 Å². The topological polar surface area (TPSA) is 222 Å². The number of rotatable bonds is 15. The van der Waals surface area contributed by atoms with Gasteiger partial charge >= 0.3 is 5.97 Å². The Kier molecular flexibility index (Phi) is 11.1. The number of aromatic nitrogens is 2. The number of aromatic amines is 1. The van der Waals surface area contributed by atoms with Crippen LogP contribution in [-0.2, 0) is 43.2 Å². The van der Waals surface area contributed by atoms with Crippen molar-refractivity contribution in [2.75, 3.05) is 0 Å². The average molecular weight is 564 g/mol. The number of primary amides is 1. The van der Waals surface area contributed by atoms with Gasteiger partial charge in [-0.2, -0.15) is 0 Å². The molecule has 4 unspecified atom stereocenters. The lowest BCUT2D eigenvalue weighted by Crippen LogP contribution is -2.58. The fraction of sp³-hybridized carbons (Fsp3) is 0.286. The van der Waals surface area contributed by atoms with Gasteiger partial charge in [-0.15, -0.1) is 0 Å². The standard InChI is InChI=1S/C28H33N7O6/c29-20(14-24(30)36)25(37)33-21(11-17-7-3-1-4-8-17)26(38)34-22(13-19-15-31-16-32-19)27(39)35-23(28(40)41)12-18-9-5-2-6-10-18/h1-10,15-16,20-23H,11-14,29H2,(H2,30,36)(H,31,32)(H,33,37)(H,34,38)(H,35,39)(H,40,41). The highest BCUT2D eigenvalue weighted by Crippen LogP contribution is 2.08. The van der Waals surface area contributed by atoms with Gasteiger partial charge in [0.2, 0.25) is 23.6 Å². The maximum Gasteiger partial charge on any atom is 0.326 e. The van der Waals surface area contributed by atoms with E-state index >= 15 is 0 Å². The molecule has 216 valence electrons. The van der Waals surface area contributed by atoms with Gasteiger partial charge in [0.15, 0.2) is 0 Å². The largest absolute Gasteiger partial charge is 0.480 e. The first-order valence-electron chi connectivity index (χ1n) is 12.8. The van der Waals surface area contributed by atoms with Gasteiger partial charge in [0.1, 0.15) is 18.1 Å². The number of H-pyrrole nitrogens is 1. The minimum atomic E-state index is -1.28. The van der Waals surface area contributed by atoms with Crippen molar-refractivity contribution in [2.45, 2.75) is 49.9 Å². The van der Waals surface area contributed by atoms with E-state index in [0.29, 0.717) is 16.8 Å². The van der Waals surface area contributed by atoms with Crippen LogP contribution in [0.2, 0.25) is 0 Å². The molecule has 1 aromatic heterocycles. The maximum absolute atomic E-state index is 13.5. The van der Waals surface area contributed by atoms with Crippen LogP contribution in [0.5, 0.6) is 0 Å². The number of carbonyl (C=O) groups is 5. The second kappa shape index (κ2) is 14.9. The molecule has 0 aliphatic heterocycles. The van der Waals surface area contributed by atoms with Gasteiger partial charge < -0.3 is 37.5 Å². The SMILES string of the molecule is NC(=O)CC(N)C(=O)NC(Cc1ccccc1)C(=O)NC(Cc1cnc[nH]1)C(=O)NC(Cc1ccccc1)C(=O)O. The summed E-state index contributed by atoms with van der Waals surface area (Å²) in [5.74, 6) is -4.26. The zero-order valence-corrected chi connectivity index (χ0v) is 22.2. The third-order valence-electron chi connectivity index (χ3n) is 6.18. The summed E-state index contributed by atoms with van der Waals surface area (Å²) >= 11 is 0. The molecule has 1 heterocycles. The molecular weight excluding hydrogens is 530 g/mol. The second-order valence-corrected chi connectivity index (χ2v) is 9.46. The van der Waals surface area contributed by atoms with Crippen molar-refractivity contribution in [2.24, 2.45) is 11.5 Å². The van der Waals surface area contributed by atoms with Gasteiger partial charge in [0, 0.05) is 31.2 Å². The van der Waals surface area contributed by atoms with Crippen molar-refractivity contribution < 1.29 is 29.1 Å². The van der Waals surface area contributed by atoms with Crippen LogP contribution in [0.15, 0.2) is 73.2 Å². The number of carboxylic acids is 1. The Morgan fingerprint density at radius 3 is 1.73 bits per heavy atom. The van der Waals surface area contributed by atoms with E-state index in [1.165, 1.54) is 12.5 Å². The molecule has 0 aliphatic carbocycles. The second-order valence-electron chi connectivity index (χ2n) is 9.46. The highest BCUT2D eigenvalue weighted by molar-refractivity contribution is 5.95. The Hall–Kier alpha value is -5.04. The quantitative estimate of drug-likeness (QED) is 0.123. The van der Waals surface area contributed by atoms with Gasteiger partial charge in [-0.25, -0.2) is 9.78 Å². The van der Waals surface area contributed by atoms with E-state index in [2.05, 4.69) is 25.9 Å². The summed E-state index contributed by atoms with van der Waals surface area (Å²) in [6.07, 6.45) is 2.48. The highest BCUT2D eigenvalue weighted by atomic mass is 16.4.